The van der Waals surface area contributed by atoms with E-state index in [1.165, 1.54) is 37.6 Å². The molecule has 0 unspecified atom stereocenters. The lowest BCUT2D eigenvalue weighted by atomic mass is 10.1. The topological polar surface area (TPSA) is 112 Å². The molecule has 9 nitrogen and oxygen atoms in total. The Kier molecular flexibility index (Phi) is 6.53. The smallest absolute Gasteiger partial charge is 0.374 e. The van der Waals surface area contributed by atoms with Crippen LogP contribution in [0.3, 0.4) is 0 Å². The van der Waals surface area contributed by atoms with Crippen LogP contribution in [0.1, 0.15) is 40.3 Å². The standard InChI is InChI=1S/C18H20N2O7/c1-4-19(5-2)15-7-6-13(20(23)24)10-14(15)17(21)27-11-12-8-9-26-16(12)18(22)25-3/h6-10H,4-5,11H2,1-3H3. The summed E-state index contributed by atoms with van der Waals surface area (Å²) in [5, 5.41) is 11.1. The third kappa shape index (κ3) is 4.43. The Bertz CT molecular complexity index is 840. The highest BCUT2D eigenvalue weighted by Gasteiger charge is 2.22. The number of rotatable bonds is 8. The summed E-state index contributed by atoms with van der Waals surface area (Å²) >= 11 is 0. The zero-order valence-corrected chi connectivity index (χ0v) is 15.3. The second-order valence-corrected chi connectivity index (χ2v) is 5.47. The maximum Gasteiger partial charge on any atom is 0.374 e. The average Bonchev–Trinajstić information content (AvgIpc) is 3.15. The van der Waals surface area contributed by atoms with Gasteiger partial charge in [-0.3, -0.25) is 10.1 Å². The first-order valence-corrected chi connectivity index (χ1v) is 8.28. The molecule has 27 heavy (non-hydrogen) atoms. The highest BCUT2D eigenvalue weighted by Crippen LogP contribution is 2.27. The number of esters is 2. The number of hydrogen-bond donors (Lipinski definition) is 0. The molecule has 0 radical (unpaired) electrons. The van der Waals surface area contributed by atoms with Crippen LogP contribution >= 0.6 is 0 Å². The van der Waals surface area contributed by atoms with E-state index in [4.69, 9.17) is 9.15 Å². The number of methoxy groups -OCH3 is 1. The molecule has 0 fully saturated rings. The summed E-state index contributed by atoms with van der Waals surface area (Å²) in [6, 6.07) is 5.54. The highest BCUT2D eigenvalue weighted by atomic mass is 16.6. The highest BCUT2D eigenvalue weighted by molar-refractivity contribution is 5.97. The van der Waals surface area contributed by atoms with Crippen molar-refractivity contribution < 1.29 is 28.4 Å². The normalized spacial score (nSPS) is 10.3. The zero-order chi connectivity index (χ0) is 20.0. The fourth-order valence-electron chi connectivity index (χ4n) is 2.58. The molecule has 144 valence electrons. The summed E-state index contributed by atoms with van der Waals surface area (Å²) in [7, 11) is 1.21. The van der Waals surface area contributed by atoms with E-state index in [0.29, 0.717) is 24.3 Å². The Morgan fingerprint density at radius 3 is 2.48 bits per heavy atom. The molecule has 0 atom stereocenters. The number of furan rings is 1. The Hall–Kier alpha value is -3.36. The number of benzene rings is 1. The van der Waals surface area contributed by atoms with Crippen LogP contribution in [0.4, 0.5) is 11.4 Å². The van der Waals surface area contributed by atoms with Gasteiger partial charge >= 0.3 is 11.9 Å². The Balaban J connectivity index is 2.29. The first-order valence-electron chi connectivity index (χ1n) is 8.28. The van der Waals surface area contributed by atoms with Gasteiger partial charge in [0.25, 0.3) is 5.69 Å². The van der Waals surface area contributed by atoms with E-state index >= 15 is 0 Å². The van der Waals surface area contributed by atoms with Crippen LogP contribution in [-0.2, 0) is 16.1 Å². The van der Waals surface area contributed by atoms with Crippen molar-refractivity contribution in [3.8, 4) is 0 Å². The molecule has 9 heteroatoms. The van der Waals surface area contributed by atoms with Gasteiger partial charge in [-0.15, -0.1) is 0 Å². The monoisotopic (exact) mass is 376 g/mol. The Morgan fingerprint density at radius 2 is 1.89 bits per heavy atom. The van der Waals surface area contributed by atoms with Crippen molar-refractivity contribution in [3.63, 3.8) is 0 Å². The van der Waals surface area contributed by atoms with Gasteiger partial charge in [-0.1, -0.05) is 0 Å². The Labute approximate surface area is 155 Å². The SMILES string of the molecule is CCN(CC)c1ccc([N+](=O)[O-])cc1C(=O)OCc1ccoc1C(=O)OC. The molecular weight excluding hydrogens is 356 g/mol. The van der Waals surface area contributed by atoms with Crippen LogP contribution < -0.4 is 4.90 Å². The summed E-state index contributed by atoms with van der Waals surface area (Å²) in [5.41, 5.74) is 0.744. The van der Waals surface area contributed by atoms with Crippen LogP contribution in [0, 0.1) is 10.1 Å². The number of ether oxygens (including phenoxy) is 2. The average molecular weight is 376 g/mol. The lowest BCUT2D eigenvalue weighted by molar-refractivity contribution is -0.384. The lowest BCUT2D eigenvalue weighted by Crippen LogP contribution is -2.24. The summed E-state index contributed by atoms with van der Waals surface area (Å²) in [6.07, 6.45) is 1.28. The van der Waals surface area contributed by atoms with E-state index < -0.39 is 16.9 Å². The van der Waals surface area contributed by atoms with Crippen molar-refractivity contribution in [2.75, 3.05) is 25.1 Å². The van der Waals surface area contributed by atoms with Crippen molar-refractivity contribution in [2.45, 2.75) is 20.5 Å². The molecule has 0 aliphatic carbocycles. The number of anilines is 1. The van der Waals surface area contributed by atoms with Gasteiger partial charge in [-0.05, 0) is 26.0 Å². The molecule has 1 aromatic carbocycles. The minimum Gasteiger partial charge on any atom is -0.463 e. The van der Waals surface area contributed by atoms with E-state index in [-0.39, 0.29) is 23.6 Å². The quantitative estimate of drug-likeness (QED) is 0.392. The van der Waals surface area contributed by atoms with Gasteiger partial charge in [-0.2, -0.15) is 0 Å². The maximum atomic E-state index is 12.6. The lowest BCUT2D eigenvalue weighted by Gasteiger charge is -2.23. The van der Waals surface area contributed by atoms with Gasteiger partial charge in [0.2, 0.25) is 5.76 Å². The van der Waals surface area contributed by atoms with Crippen LogP contribution in [0.2, 0.25) is 0 Å². The molecule has 0 amide bonds. The van der Waals surface area contributed by atoms with Crippen molar-refractivity contribution in [1.29, 1.82) is 0 Å². The minimum absolute atomic E-state index is 0.0618. The first-order chi connectivity index (χ1) is 12.9. The molecule has 0 N–H and O–H groups in total. The second kappa shape index (κ2) is 8.84. The van der Waals surface area contributed by atoms with Gasteiger partial charge in [0.05, 0.1) is 29.5 Å². The number of carbonyl (C=O) groups excluding carboxylic acids is 2. The number of nitro groups is 1. The third-order valence-corrected chi connectivity index (χ3v) is 3.99. The molecule has 0 saturated heterocycles. The molecule has 1 heterocycles. The van der Waals surface area contributed by atoms with Gasteiger partial charge in [0.1, 0.15) is 6.61 Å². The molecule has 2 aromatic rings. The molecule has 0 aliphatic rings. The minimum atomic E-state index is -0.738. The number of nitrogens with zero attached hydrogens (tertiary/aromatic N) is 2. The predicted molar refractivity (Wildman–Crippen MR) is 95.8 cm³/mol. The number of non-ortho nitro benzene ring substituents is 1. The van der Waals surface area contributed by atoms with Crippen molar-refractivity contribution in [2.24, 2.45) is 0 Å². The molecule has 1 aromatic heterocycles. The number of carbonyl (C=O) groups is 2. The van der Waals surface area contributed by atoms with E-state index in [1.807, 2.05) is 18.7 Å². The van der Waals surface area contributed by atoms with Gasteiger partial charge in [-0.25, -0.2) is 9.59 Å². The van der Waals surface area contributed by atoms with Crippen molar-refractivity contribution in [1.82, 2.24) is 0 Å². The summed E-state index contributed by atoms with van der Waals surface area (Å²) in [5.74, 6) is -1.49. The van der Waals surface area contributed by atoms with Crippen LogP contribution in [0.25, 0.3) is 0 Å². The number of nitro benzene ring substituents is 1. The second-order valence-electron chi connectivity index (χ2n) is 5.47. The molecular formula is C18H20N2O7. The summed E-state index contributed by atoms with van der Waals surface area (Å²) in [4.78, 5) is 36.6. The van der Waals surface area contributed by atoms with E-state index in [0.717, 1.165) is 0 Å². The molecule has 2 rings (SSSR count). The summed E-state index contributed by atoms with van der Waals surface area (Å²) < 4.78 is 14.9. The van der Waals surface area contributed by atoms with Crippen LogP contribution in [0.15, 0.2) is 34.9 Å². The molecule has 0 saturated carbocycles. The van der Waals surface area contributed by atoms with E-state index in [1.54, 1.807) is 0 Å². The van der Waals surface area contributed by atoms with Crippen molar-refractivity contribution in [3.05, 3.63) is 57.5 Å². The number of hydrogen-bond acceptors (Lipinski definition) is 8. The van der Waals surface area contributed by atoms with Gasteiger partial charge in [0.15, 0.2) is 0 Å². The molecule has 0 bridgehead atoms. The van der Waals surface area contributed by atoms with Gasteiger partial charge < -0.3 is 18.8 Å². The van der Waals surface area contributed by atoms with E-state index in [9.17, 15) is 19.7 Å². The third-order valence-electron chi connectivity index (χ3n) is 3.99. The maximum absolute atomic E-state index is 12.6. The Morgan fingerprint density at radius 1 is 1.19 bits per heavy atom. The van der Waals surface area contributed by atoms with Crippen LogP contribution in [0.5, 0.6) is 0 Å². The fourth-order valence-corrected chi connectivity index (χ4v) is 2.58. The van der Waals surface area contributed by atoms with Crippen LogP contribution in [-0.4, -0.2) is 37.1 Å². The zero-order valence-electron chi connectivity index (χ0n) is 15.3. The largest absolute Gasteiger partial charge is 0.463 e. The molecule has 0 spiro atoms. The fraction of sp³-hybridized carbons (Fsp3) is 0.333. The first kappa shape index (κ1) is 20.0. The van der Waals surface area contributed by atoms with Gasteiger partial charge in [0, 0.05) is 30.8 Å². The van der Waals surface area contributed by atoms with E-state index in [2.05, 4.69) is 4.74 Å². The predicted octanol–water partition coefficient (Wildman–Crippen LogP) is 3.18. The van der Waals surface area contributed by atoms with Crippen molar-refractivity contribution >= 4 is 23.3 Å². The molecule has 0 aliphatic heterocycles. The summed E-state index contributed by atoms with van der Waals surface area (Å²) in [6.45, 7) is 4.81.